The van der Waals surface area contributed by atoms with Crippen LogP contribution in [0.5, 0.6) is 0 Å². The Kier molecular flexibility index (Phi) is 4.52. The van der Waals surface area contributed by atoms with Crippen molar-refractivity contribution >= 4 is 10.0 Å². The first-order valence-corrected chi connectivity index (χ1v) is 8.92. The van der Waals surface area contributed by atoms with E-state index in [1.807, 2.05) is 0 Å². The normalized spacial score (nSPS) is 20.7. The topological polar surface area (TPSA) is 70.8 Å². The van der Waals surface area contributed by atoms with Crippen LogP contribution in [0.2, 0.25) is 0 Å². The lowest BCUT2D eigenvalue weighted by Crippen LogP contribution is -2.36. The Bertz CT molecular complexity index is 760. The number of hydrogen-bond acceptors (Lipinski definition) is 4. The zero-order valence-electron chi connectivity index (χ0n) is 12.4. The first-order valence-electron chi connectivity index (χ1n) is 7.48. The lowest BCUT2D eigenvalue weighted by atomic mass is 10.1. The minimum absolute atomic E-state index is 0.223. The van der Waals surface area contributed by atoms with Crippen LogP contribution in [0.4, 0.5) is 4.39 Å². The minimum Gasteiger partial charge on any atom is -0.467 e. The highest BCUT2D eigenvalue weighted by atomic mass is 32.2. The zero-order valence-corrected chi connectivity index (χ0v) is 13.2. The van der Waals surface area contributed by atoms with Gasteiger partial charge in [0, 0.05) is 12.6 Å². The van der Waals surface area contributed by atoms with Crippen molar-refractivity contribution < 1.29 is 22.3 Å². The molecule has 23 heavy (non-hydrogen) atoms. The minimum atomic E-state index is -3.92. The summed E-state index contributed by atoms with van der Waals surface area (Å²) in [4.78, 5) is -0.320. The van der Waals surface area contributed by atoms with Crippen molar-refractivity contribution in [3.8, 4) is 0 Å². The van der Waals surface area contributed by atoms with E-state index in [-0.39, 0.29) is 17.4 Å². The van der Waals surface area contributed by atoms with E-state index in [0.717, 1.165) is 6.07 Å². The first kappa shape index (κ1) is 16.2. The van der Waals surface area contributed by atoms with Crippen molar-refractivity contribution in [2.45, 2.75) is 36.3 Å². The Morgan fingerprint density at radius 1 is 1.30 bits per heavy atom. The van der Waals surface area contributed by atoms with Crippen molar-refractivity contribution in [1.29, 1.82) is 0 Å². The van der Waals surface area contributed by atoms with Crippen LogP contribution < -0.4 is 0 Å². The van der Waals surface area contributed by atoms with Crippen LogP contribution in [0, 0.1) is 5.82 Å². The van der Waals surface area contributed by atoms with Gasteiger partial charge in [0.2, 0.25) is 10.0 Å². The number of sulfonamides is 1. The largest absolute Gasteiger partial charge is 0.467 e. The molecule has 0 bridgehead atoms. The summed E-state index contributed by atoms with van der Waals surface area (Å²) in [5.74, 6) is -0.357. The van der Waals surface area contributed by atoms with Crippen molar-refractivity contribution in [3.05, 3.63) is 54.2 Å². The highest BCUT2D eigenvalue weighted by Crippen LogP contribution is 2.32. The van der Waals surface area contributed by atoms with Gasteiger partial charge in [0.25, 0.3) is 0 Å². The number of nitrogens with zero attached hydrogens (tertiary/aromatic N) is 1. The van der Waals surface area contributed by atoms with Gasteiger partial charge < -0.3 is 9.52 Å². The lowest BCUT2D eigenvalue weighted by Gasteiger charge is -2.25. The predicted molar refractivity (Wildman–Crippen MR) is 81.6 cm³/mol. The van der Waals surface area contributed by atoms with Gasteiger partial charge in [-0.1, -0.05) is 12.1 Å². The van der Waals surface area contributed by atoms with Crippen molar-refractivity contribution in [2.24, 2.45) is 0 Å². The van der Waals surface area contributed by atoms with Gasteiger partial charge in [-0.15, -0.1) is 0 Å². The molecule has 2 atom stereocenters. The van der Waals surface area contributed by atoms with Crippen molar-refractivity contribution in [1.82, 2.24) is 4.31 Å². The predicted octanol–water partition coefficient (Wildman–Crippen LogP) is 2.70. The van der Waals surface area contributed by atoms with Crippen LogP contribution in [0.3, 0.4) is 0 Å². The summed E-state index contributed by atoms with van der Waals surface area (Å²) in [6, 6.07) is 8.30. The highest BCUT2D eigenvalue weighted by Gasteiger charge is 2.37. The van der Waals surface area contributed by atoms with E-state index >= 15 is 0 Å². The fourth-order valence-corrected chi connectivity index (χ4v) is 4.77. The molecule has 1 N–H and O–H groups in total. The second-order valence-corrected chi connectivity index (χ2v) is 7.47. The number of rotatable bonds is 5. The molecular formula is C16H18FNO4S. The van der Waals surface area contributed by atoms with Gasteiger partial charge in [-0.05, 0) is 43.5 Å². The van der Waals surface area contributed by atoms with E-state index in [0.29, 0.717) is 25.1 Å². The van der Waals surface area contributed by atoms with Gasteiger partial charge >= 0.3 is 0 Å². The maximum Gasteiger partial charge on any atom is 0.246 e. The number of aliphatic hydroxyl groups excluding tert-OH is 1. The third-order valence-corrected chi connectivity index (χ3v) is 6.10. The molecule has 1 aromatic heterocycles. The fourth-order valence-electron chi connectivity index (χ4n) is 3.00. The van der Waals surface area contributed by atoms with E-state index in [9.17, 15) is 17.9 Å². The first-order chi connectivity index (χ1) is 11.0. The van der Waals surface area contributed by atoms with E-state index in [1.165, 1.54) is 28.8 Å². The Hall–Kier alpha value is -1.70. The molecule has 3 rings (SSSR count). The van der Waals surface area contributed by atoms with Gasteiger partial charge in [0.15, 0.2) is 0 Å². The second kappa shape index (κ2) is 6.43. The summed E-state index contributed by atoms with van der Waals surface area (Å²) in [5.41, 5.74) is 0. The summed E-state index contributed by atoms with van der Waals surface area (Å²) < 4.78 is 45.8. The lowest BCUT2D eigenvalue weighted by molar-refractivity contribution is 0.118. The average Bonchev–Trinajstić information content (AvgIpc) is 3.19. The number of hydrogen-bond donors (Lipinski definition) is 1. The van der Waals surface area contributed by atoms with Gasteiger partial charge in [0.05, 0.1) is 6.26 Å². The summed E-state index contributed by atoms with van der Waals surface area (Å²) >= 11 is 0. The molecule has 1 saturated heterocycles. The number of benzene rings is 1. The maximum absolute atomic E-state index is 13.9. The van der Waals surface area contributed by atoms with E-state index in [4.69, 9.17) is 4.42 Å². The monoisotopic (exact) mass is 339 g/mol. The average molecular weight is 339 g/mol. The van der Waals surface area contributed by atoms with Crippen LogP contribution in [-0.2, 0) is 10.0 Å². The number of aliphatic hydroxyl groups is 1. The van der Waals surface area contributed by atoms with Crippen LogP contribution in [-0.4, -0.2) is 30.4 Å². The van der Waals surface area contributed by atoms with Crippen molar-refractivity contribution in [3.63, 3.8) is 0 Å². The van der Waals surface area contributed by atoms with Crippen LogP contribution in [0.25, 0.3) is 0 Å². The van der Waals surface area contributed by atoms with Gasteiger partial charge in [-0.25, -0.2) is 12.8 Å². The fraction of sp³-hybridized carbons (Fsp3) is 0.375. The molecule has 5 nitrogen and oxygen atoms in total. The van der Waals surface area contributed by atoms with Crippen LogP contribution >= 0.6 is 0 Å². The molecule has 0 saturated carbocycles. The highest BCUT2D eigenvalue weighted by molar-refractivity contribution is 7.89. The molecule has 124 valence electrons. The zero-order chi connectivity index (χ0) is 16.4. The summed E-state index contributed by atoms with van der Waals surface area (Å²) in [6.45, 7) is 0.326. The Morgan fingerprint density at radius 2 is 2.09 bits per heavy atom. The summed E-state index contributed by atoms with van der Waals surface area (Å²) in [6.07, 6.45) is 2.11. The van der Waals surface area contributed by atoms with E-state index in [2.05, 4.69) is 0 Å². The molecule has 1 aliphatic rings. The molecule has 1 aromatic carbocycles. The second-order valence-electron chi connectivity index (χ2n) is 5.61. The van der Waals surface area contributed by atoms with Crippen molar-refractivity contribution in [2.75, 3.05) is 6.54 Å². The number of furan rings is 1. The molecule has 1 aliphatic heterocycles. The van der Waals surface area contributed by atoms with Gasteiger partial charge in [-0.2, -0.15) is 4.31 Å². The maximum atomic E-state index is 13.9. The van der Waals surface area contributed by atoms with Crippen LogP contribution in [0.15, 0.2) is 52.0 Å². The molecule has 0 amide bonds. The van der Waals surface area contributed by atoms with E-state index < -0.39 is 21.9 Å². The van der Waals surface area contributed by atoms with Gasteiger partial charge in [0.1, 0.15) is 22.6 Å². The Morgan fingerprint density at radius 3 is 2.78 bits per heavy atom. The SMILES string of the molecule is O=S(=O)(c1ccccc1F)N1CCC[C@H]1C[C@@H](O)c1ccco1. The Balaban J connectivity index is 1.82. The van der Waals surface area contributed by atoms with E-state index in [1.54, 1.807) is 12.1 Å². The molecule has 0 unspecified atom stereocenters. The smallest absolute Gasteiger partial charge is 0.246 e. The summed E-state index contributed by atoms with van der Waals surface area (Å²) in [5, 5.41) is 10.2. The third-order valence-electron chi connectivity index (χ3n) is 4.11. The quantitative estimate of drug-likeness (QED) is 0.909. The summed E-state index contributed by atoms with van der Waals surface area (Å²) in [7, 11) is -3.92. The standard InChI is InChI=1S/C16H18FNO4S/c17-13-6-1-2-8-16(13)23(20,21)18-9-3-5-12(18)11-14(19)15-7-4-10-22-15/h1-2,4,6-8,10,12,14,19H,3,5,9,11H2/t12-,14+/m0/s1. The Labute approximate surface area is 134 Å². The van der Waals surface area contributed by atoms with Crippen LogP contribution in [0.1, 0.15) is 31.1 Å². The molecule has 0 radical (unpaired) electrons. The molecule has 2 aromatic rings. The molecule has 1 fully saturated rings. The molecule has 7 heteroatoms. The number of halogens is 1. The molecular weight excluding hydrogens is 321 g/mol. The molecule has 0 aliphatic carbocycles. The van der Waals surface area contributed by atoms with Gasteiger partial charge in [-0.3, -0.25) is 0 Å². The molecule has 2 heterocycles. The third kappa shape index (κ3) is 3.17. The molecule has 0 spiro atoms.